The van der Waals surface area contributed by atoms with Crippen molar-refractivity contribution < 1.29 is 4.84 Å². The van der Waals surface area contributed by atoms with Crippen molar-refractivity contribution in [2.24, 2.45) is 12.2 Å². The monoisotopic (exact) mass is 323 g/mol. The molecular formula is C20H25N3O. The Balaban J connectivity index is 1.38. The minimum absolute atomic E-state index is 0.104. The molecule has 1 spiro atoms. The second-order valence-electron chi connectivity index (χ2n) is 7.20. The molecule has 1 saturated heterocycles. The molecule has 2 aromatic rings. The maximum Gasteiger partial charge on any atom is 0.155 e. The number of benzene rings is 1. The highest BCUT2D eigenvalue weighted by molar-refractivity contribution is 5.88. The van der Waals surface area contributed by atoms with Gasteiger partial charge in [-0.3, -0.25) is 4.90 Å². The van der Waals surface area contributed by atoms with Crippen LogP contribution in [0.25, 0.3) is 0 Å². The highest BCUT2D eigenvalue weighted by Gasteiger charge is 2.42. The predicted molar refractivity (Wildman–Crippen MR) is 95.9 cm³/mol. The Hall–Kier alpha value is -2.07. The summed E-state index contributed by atoms with van der Waals surface area (Å²) >= 11 is 0. The third-order valence-corrected chi connectivity index (χ3v) is 5.20. The summed E-state index contributed by atoms with van der Waals surface area (Å²) in [6.45, 7) is 3.10. The molecule has 0 bridgehead atoms. The summed E-state index contributed by atoms with van der Waals surface area (Å²) in [5, 5.41) is 4.44. The van der Waals surface area contributed by atoms with E-state index in [9.17, 15) is 0 Å². The zero-order valence-corrected chi connectivity index (χ0v) is 14.3. The fourth-order valence-electron chi connectivity index (χ4n) is 3.96. The summed E-state index contributed by atoms with van der Waals surface area (Å²) in [5.74, 6) is 0. The Labute approximate surface area is 143 Å². The van der Waals surface area contributed by atoms with E-state index in [0.717, 1.165) is 38.9 Å². The Bertz CT molecular complexity index is 721. The maximum atomic E-state index is 5.99. The minimum Gasteiger partial charge on any atom is -0.387 e. The van der Waals surface area contributed by atoms with Crippen LogP contribution in [0.2, 0.25) is 0 Å². The van der Waals surface area contributed by atoms with E-state index in [1.807, 2.05) is 0 Å². The largest absolute Gasteiger partial charge is 0.387 e. The molecule has 0 radical (unpaired) electrons. The highest BCUT2D eigenvalue weighted by atomic mass is 16.7. The van der Waals surface area contributed by atoms with Crippen molar-refractivity contribution in [2.45, 2.75) is 37.8 Å². The molecule has 126 valence electrons. The molecule has 4 rings (SSSR count). The first-order valence-electron chi connectivity index (χ1n) is 8.83. The van der Waals surface area contributed by atoms with Crippen molar-refractivity contribution in [3.8, 4) is 0 Å². The number of aromatic nitrogens is 1. The molecule has 4 nitrogen and oxygen atoms in total. The van der Waals surface area contributed by atoms with Gasteiger partial charge in [0.2, 0.25) is 0 Å². The van der Waals surface area contributed by atoms with Gasteiger partial charge >= 0.3 is 0 Å². The van der Waals surface area contributed by atoms with Crippen molar-refractivity contribution in [3.05, 3.63) is 59.9 Å². The van der Waals surface area contributed by atoms with Crippen LogP contribution in [-0.4, -0.2) is 33.9 Å². The number of oxime groups is 1. The SMILES string of the molecule is Cn1cccc1CN1CCCC2(CC(Cc3ccccc3)=NO2)C1. The zero-order valence-electron chi connectivity index (χ0n) is 14.3. The fourth-order valence-corrected chi connectivity index (χ4v) is 3.96. The molecular weight excluding hydrogens is 298 g/mol. The standard InChI is InChI=1S/C20H25N3O/c1-22-11-5-9-19(22)15-23-12-6-10-20(16-23)14-18(21-24-20)13-17-7-3-2-4-8-17/h2-5,7-9,11H,6,10,12-16H2,1H3. The molecule has 2 aliphatic rings. The van der Waals surface area contributed by atoms with E-state index in [2.05, 4.69) is 70.3 Å². The number of hydrogen-bond donors (Lipinski definition) is 0. The molecule has 2 aliphatic heterocycles. The lowest BCUT2D eigenvalue weighted by Gasteiger charge is -2.38. The molecule has 1 atom stereocenters. The lowest BCUT2D eigenvalue weighted by Crippen LogP contribution is -2.48. The zero-order chi connectivity index (χ0) is 16.4. The summed E-state index contributed by atoms with van der Waals surface area (Å²) in [6, 6.07) is 14.9. The molecule has 24 heavy (non-hydrogen) atoms. The Morgan fingerprint density at radius 1 is 1.17 bits per heavy atom. The van der Waals surface area contributed by atoms with Crippen molar-refractivity contribution in [1.29, 1.82) is 0 Å². The van der Waals surface area contributed by atoms with Crippen molar-refractivity contribution in [3.63, 3.8) is 0 Å². The smallest absolute Gasteiger partial charge is 0.155 e. The van der Waals surface area contributed by atoms with Gasteiger partial charge in [0.1, 0.15) is 0 Å². The van der Waals surface area contributed by atoms with E-state index in [1.165, 1.54) is 23.4 Å². The molecule has 4 heteroatoms. The van der Waals surface area contributed by atoms with E-state index < -0.39 is 0 Å². The Kier molecular flexibility index (Phi) is 4.15. The van der Waals surface area contributed by atoms with Crippen LogP contribution in [0.5, 0.6) is 0 Å². The number of hydrogen-bond acceptors (Lipinski definition) is 3. The number of nitrogens with zero attached hydrogens (tertiary/aromatic N) is 3. The summed E-state index contributed by atoms with van der Waals surface area (Å²) < 4.78 is 2.20. The molecule has 3 heterocycles. The van der Waals surface area contributed by atoms with Crippen LogP contribution in [0.4, 0.5) is 0 Å². The summed E-state index contributed by atoms with van der Waals surface area (Å²) in [6.07, 6.45) is 6.27. The average molecular weight is 323 g/mol. The molecule has 1 unspecified atom stereocenters. The normalized spacial score (nSPS) is 24.1. The van der Waals surface area contributed by atoms with Gasteiger partial charge in [0.15, 0.2) is 5.60 Å². The van der Waals surface area contributed by atoms with Gasteiger partial charge in [-0.2, -0.15) is 0 Å². The third kappa shape index (κ3) is 3.24. The van der Waals surface area contributed by atoms with E-state index in [0.29, 0.717) is 0 Å². The van der Waals surface area contributed by atoms with Gasteiger partial charge in [-0.15, -0.1) is 0 Å². The van der Waals surface area contributed by atoms with Crippen molar-refractivity contribution >= 4 is 5.71 Å². The summed E-state index contributed by atoms with van der Waals surface area (Å²) in [5.41, 5.74) is 3.75. The summed E-state index contributed by atoms with van der Waals surface area (Å²) in [4.78, 5) is 8.50. The van der Waals surface area contributed by atoms with Gasteiger partial charge < -0.3 is 9.40 Å². The molecule has 0 aliphatic carbocycles. The van der Waals surface area contributed by atoms with Crippen molar-refractivity contribution in [2.75, 3.05) is 13.1 Å². The average Bonchev–Trinajstić information content (AvgIpc) is 3.16. The Morgan fingerprint density at radius 2 is 2.04 bits per heavy atom. The van der Waals surface area contributed by atoms with E-state index >= 15 is 0 Å². The van der Waals surface area contributed by atoms with Crippen LogP contribution in [-0.2, 0) is 24.9 Å². The minimum atomic E-state index is -0.104. The molecule has 1 aromatic heterocycles. The van der Waals surface area contributed by atoms with Crippen molar-refractivity contribution in [1.82, 2.24) is 9.47 Å². The van der Waals surface area contributed by atoms with Crippen LogP contribution in [0.3, 0.4) is 0 Å². The number of piperidine rings is 1. The Morgan fingerprint density at radius 3 is 2.83 bits per heavy atom. The van der Waals surface area contributed by atoms with Crippen LogP contribution >= 0.6 is 0 Å². The van der Waals surface area contributed by atoms with Gasteiger partial charge in [0, 0.05) is 44.9 Å². The van der Waals surface area contributed by atoms with Gasteiger partial charge in [-0.05, 0) is 37.1 Å². The number of aryl methyl sites for hydroxylation is 1. The van der Waals surface area contributed by atoms with Gasteiger partial charge in [-0.25, -0.2) is 0 Å². The summed E-state index contributed by atoms with van der Waals surface area (Å²) in [7, 11) is 2.11. The molecule has 0 N–H and O–H groups in total. The molecule has 1 aromatic carbocycles. The second-order valence-corrected chi connectivity index (χ2v) is 7.20. The van der Waals surface area contributed by atoms with Crippen LogP contribution < -0.4 is 0 Å². The predicted octanol–water partition coefficient (Wildman–Crippen LogP) is 3.38. The number of likely N-dealkylation sites (tertiary alicyclic amines) is 1. The topological polar surface area (TPSA) is 29.8 Å². The van der Waals surface area contributed by atoms with E-state index in [1.54, 1.807) is 0 Å². The fraction of sp³-hybridized carbons (Fsp3) is 0.450. The van der Waals surface area contributed by atoms with Gasteiger partial charge in [0.05, 0.1) is 5.71 Å². The second kappa shape index (κ2) is 6.44. The molecule has 1 fully saturated rings. The molecule has 0 amide bonds. The van der Waals surface area contributed by atoms with Gasteiger partial charge in [0.25, 0.3) is 0 Å². The third-order valence-electron chi connectivity index (χ3n) is 5.20. The highest BCUT2D eigenvalue weighted by Crippen LogP contribution is 2.34. The van der Waals surface area contributed by atoms with E-state index in [4.69, 9.17) is 4.84 Å². The lowest BCUT2D eigenvalue weighted by atomic mass is 9.87. The molecule has 0 saturated carbocycles. The first kappa shape index (κ1) is 15.5. The van der Waals surface area contributed by atoms with Crippen LogP contribution in [0.1, 0.15) is 30.5 Å². The lowest BCUT2D eigenvalue weighted by molar-refractivity contribution is -0.0707. The van der Waals surface area contributed by atoms with E-state index in [-0.39, 0.29) is 5.60 Å². The van der Waals surface area contributed by atoms with Crippen LogP contribution in [0, 0.1) is 0 Å². The quantitative estimate of drug-likeness (QED) is 0.863. The van der Waals surface area contributed by atoms with Crippen LogP contribution in [0.15, 0.2) is 53.8 Å². The number of rotatable bonds is 4. The first-order valence-corrected chi connectivity index (χ1v) is 8.83. The maximum absolute atomic E-state index is 5.99. The first-order chi connectivity index (χ1) is 11.7. The van der Waals surface area contributed by atoms with Gasteiger partial charge in [-0.1, -0.05) is 35.5 Å².